The van der Waals surface area contributed by atoms with Gasteiger partial charge in [0.15, 0.2) is 29.4 Å². The molecule has 1 saturated heterocycles. The topological polar surface area (TPSA) is 171 Å². The van der Waals surface area contributed by atoms with Gasteiger partial charge in [-0.3, -0.25) is 14.5 Å². The number of carbonyl (C=O) groups excluding carboxylic acids is 2. The standard InChI is InChI=1S/C23H23N7O6/c1-12-11-29(17-6-8-30(27-17)14-5-7-25-18(10-14)34-2)23(33)20(35-12)19(31)22(32)26-13-3-4-15-16(9-13)36-28-21(15)24/h3-10,12,19-20,31H,11H2,1-2H3,(H2,24,28)(H,26,32)/t12-,19-,20-/m1/s1. The second-order valence-electron chi connectivity index (χ2n) is 8.20. The van der Waals surface area contributed by atoms with Crippen molar-refractivity contribution in [3.8, 4) is 11.6 Å². The van der Waals surface area contributed by atoms with Gasteiger partial charge in [-0.05, 0) is 25.1 Å². The first kappa shape index (κ1) is 23.3. The molecule has 186 valence electrons. The molecule has 1 fully saturated rings. The third-order valence-electron chi connectivity index (χ3n) is 5.69. The summed E-state index contributed by atoms with van der Waals surface area (Å²) in [6.45, 7) is 1.94. The fourth-order valence-electron chi connectivity index (χ4n) is 3.91. The van der Waals surface area contributed by atoms with E-state index in [4.69, 9.17) is 19.7 Å². The number of methoxy groups -OCH3 is 1. The van der Waals surface area contributed by atoms with Crippen molar-refractivity contribution in [3.05, 3.63) is 48.8 Å². The number of nitrogens with one attached hydrogen (secondary N) is 1. The SMILES string of the molecule is COc1cc(-n2ccc(N3C[C@@H](C)O[C@H]([C@@H](O)C(=O)Nc4ccc5c(N)noc5c4)C3=O)n2)ccn1. The summed E-state index contributed by atoms with van der Waals surface area (Å²) in [6.07, 6.45) is -0.399. The number of aliphatic hydroxyl groups is 1. The van der Waals surface area contributed by atoms with Crippen molar-refractivity contribution in [2.24, 2.45) is 0 Å². The van der Waals surface area contributed by atoms with Crippen LogP contribution in [0.4, 0.5) is 17.3 Å². The van der Waals surface area contributed by atoms with Gasteiger partial charge < -0.3 is 30.2 Å². The summed E-state index contributed by atoms with van der Waals surface area (Å²) in [5.41, 5.74) is 7.09. The molecule has 1 aromatic carbocycles. The zero-order chi connectivity index (χ0) is 25.4. The Kier molecular flexibility index (Phi) is 6.00. The lowest BCUT2D eigenvalue weighted by Gasteiger charge is -2.36. The van der Waals surface area contributed by atoms with Crippen LogP contribution in [0.15, 0.2) is 53.3 Å². The molecular weight excluding hydrogens is 470 g/mol. The number of amides is 2. The third-order valence-corrected chi connectivity index (χ3v) is 5.69. The maximum Gasteiger partial charge on any atom is 0.260 e. The van der Waals surface area contributed by atoms with Crippen LogP contribution >= 0.6 is 0 Å². The molecule has 4 aromatic rings. The maximum absolute atomic E-state index is 13.2. The Morgan fingerprint density at radius 3 is 2.94 bits per heavy atom. The molecule has 0 spiro atoms. The number of benzene rings is 1. The molecule has 1 aliphatic rings. The number of nitrogen functional groups attached to an aromatic ring is 1. The van der Waals surface area contributed by atoms with Crippen LogP contribution in [0, 0.1) is 0 Å². The number of nitrogens with zero attached hydrogens (tertiary/aromatic N) is 5. The highest BCUT2D eigenvalue weighted by atomic mass is 16.5. The van der Waals surface area contributed by atoms with Gasteiger partial charge in [0.25, 0.3) is 11.8 Å². The summed E-state index contributed by atoms with van der Waals surface area (Å²) < 4.78 is 17.5. The number of aromatic nitrogens is 4. The second-order valence-corrected chi connectivity index (χ2v) is 8.20. The predicted molar refractivity (Wildman–Crippen MR) is 128 cm³/mol. The van der Waals surface area contributed by atoms with Crippen molar-refractivity contribution in [2.75, 3.05) is 29.6 Å². The van der Waals surface area contributed by atoms with Gasteiger partial charge in [0, 0.05) is 36.3 Å². The molecule has 0 radical (unpaired) electrons. The number of hydrogen-bond acceptors (Lipinski definition) is 10. The molecule has 5 rings (SSSR count). The fourth-order valence-corrected chi connectivity index (χ4v) is 3.91. The fraction of sp³-hybridized carbons (Fsp3) is 0.261. The molecule has 3 atom stereocenters. The van der Waals surface area contributed by atoms with Gasteiger partial charge in [0.05, 0.1) is 30.8 Å². The summed E-state index contributed by atoms with van der Waals surface area (Å²) in [6, 6.07) is 9.82. The average molecular weight is 493 g/mol. The van der Waals surface area contributed by atoms with Gasteiger partial charge in [-0.1, -0.05) is 5.16 Å². The van der Waals surface area contributed by atoms with Crippen LogP contribution in [0.5, 0.6) is 5.88 Å². The van der Waals surface area contributed by atoms with E-state index < -0.39 is 30.1 Å². The van der Waals surface area contributed by atoms with Crippen LogP contribution in [-0.4, -0.2) is 68.8 Å². The van der Waals surface area contributed by atoms with Gasteiger partial charge >= 0.3 is 0 Å². The van der Waals surface area contributed by atoms with E-state index in [-0.39, 0.29) is 12.4 Å². The van der Waals surface area contributed by atoms with Gasteiger partial charge in [0.2, 0.25) is 5.88 Å². The molecule has 4 heterocycles. The summed E-state index contributed by atoms with van der Waals surface area (Å²) in [5.74, 6) is -0.420. The molecule has 0 unspecified atom stereocenters. The molecule has 0 saturated carbocycles. The minimum Gasteiger partial charge on any atom is -0.481 e. The number of ether oxygens (including phenoxy) is 2. The van der Waals surface area contributed by atoms with E-state index in [0.29, 0.717) is 34.0 Å². The van der Waals surface area contributed by atoms with E-state index >= 15 is 0 Å². The highest BCUT2D eigenvalue weighted by molar-refractivity contribution is 6.04. The Labute approximate surface area is 204 Å². The Morgan fingerprint density at radius 1 is 1.31 bits per heavy atom. The number of hydrogen-bond donors (Lipinski definition) is 3. The first-order valence-electron chi connectivity index (χ1n) is 11.0. The molecule has 0 aliphatic carbocycles. The van der Waals surface area contributed by atoms with Crippen LogP contribution in [0.2, 0.25) is 0 Å². The monoisotopic (exact) mass is 493 g/mol. The number of rotatable bonds is 6. The van der Waals surface area contributed by atoms with Crippen molar-refractivity contribution < 1.29 is 28.7 Å². The molecule has 13 heteroatoms. The van der Waals surface area contributed by atoms with Crippen molar-refractivity contribution in [2.45, 2.75) is 25.2 Å². The molecular formula is C23H23N7O6. The average Bonchev–Trinajstić information content (AvgIpc) is 3.52. The number of carbonyl (C=O) groups is 2. The number of morpholine rings is 1. The van der Waals surface area contributed by atoms with Gasteiger partial charge in [-0.15, -0.1) is 5.10 Å². The van der Waals surface area contributed by atoms with E-state index in [1.807, 2.05) is 0 Å². The number of anilines is 3. The number of pyridine rings is 1. The molecule has 2 amide bonds. The number of nitrogens with two attached hydrogens (primary N) is 1. The maximum atomic E-state index is 13.2. The van der Waals surface area contributed by atoms with Crippen molar-refractivity contribution in [3.63, 3.8) is 0 Å². The third kappa shape index (κ3) is 4.32. The van der Waals surface area contributed by atoms with E-state index in [1.165, 1.54) is 18.1 Å². The zero-order valence-corrected chi connectivity index (χ0v) is 19.4. The van der Waals surface area contributed by atoms with Crippen molar-refractivity contribution in [1.29, 1.82) is 0 Å². The lowest BCUT2D eigenvalue weighted by Crippen LogP contribution is -2.58. The van der Waals surface area contributed by atoms with E-state index in [1.54, 1.807) is 54.3 Å². The van der Waals surface area contributed by atoms with Crippen LogP contribution in [0.3, 0.4) is 0 Å². The highest BCUT2D eigenvalue weighted by Gasteiger charge is 2.42. The molecule has 1 aliphatic heterocycles. The normalized spacial score (nSPS) is 18.9. The summed E-state index contributed by atoms with van der Waals surface area (Å²) in [4.78, 5) is 31.5. The van der Waals surface area contributed by atoms with Crippen LogP contribution in [0.25, 0.3) is 16.7 Å². The van der Waals surface area contributed by atoms with Crippen LogP contribution < -0.4 is 20.7 Å². The largest absolute Gasteiger partial charge is 0.481 e. The molecule has 0 bridgehead atoms. The molecule has 4 N–H and O–H groups in total. The van der Waals surface area contributed by atoms with E-state index in [2.05, 4.69) is 20.6 Å². The van der Waals surface area contributed by atoms with E-state index in [9.17, 15) is 14.7 Å². The van der Waals surface area contributed by atoms with Crippen LogP contribution in [-0.2, 0) is 14.3 Å². The van der Waals surface area contributed by atoms with Gasteiger partial charge in [0.1, 0.15) is 0 Å². The lowest BCUT2D eigenvalue weighted by atomic mass is 10.1. The highest BCUT2D eigenvalue weighted by Crippen LogP contribution is 2.26. The Morgan fingerprint density at radius 2 is 2.14 bits per heavy atom. The second kappa shape index (κ2) is 9.28. The van der Waals surface area contributed by atoms with Gasteiger partial charge in [-0.2, -0.15) is 0 Å². The molecule has 36 heavy (non-hydrogen) atoms. The van der Waals surface area contributed by atoms with Crippen LogP contribution in [0.1, 0.15) is 6.92 Å². The lowest BCUT2D eigenvalue weighted by molar-refractivity contribution is -0.156. The summed E-state index contributed by atoms with van der Waals surface area (Å²) in [7, 11) is 1.51. The quantitative estimate of drug-likeness (QED) is 0.353. The Bertz CT molecular complexity index is 1430. The number of fused-ring (bicyclic) bond motifs is 1. The van der Waals surface area contributed by atoms with Crippen molar-refractivity contribution >= 4 is 40.1 Å². The van der Waals surface area contributed by atoms with Crippen molar-refractivity contribution in [1.82, 2.24) is 19.9 Å². The zero-order valence-electron chi connectivity index (χ0n) is 19.4. The smallest absolute Gasteiger partial charge is 0.260 e. The summed E-state index contributed by atoms with van der Waals surface area (Å²) in [5, 5.41) is 22.0. The summed E-state index contributed by atoms with van der Waals surface area (Å²) >= 11 is 0. The van der Waals surface area contributed by atoms with Gasteiger partial charge in [-0.25, -0.2) is 9.67 Å². The minimum absolute atomic E-state index is 0.198. The Balaban J connectivity index is 1.32. The predicted octanol–water partition coefficient (Wildman–Crippen LogP) is 1.12. The minimum atomic E-state index is -1.77. The first-order chi connectivity index (χ1) is 17.3. The Hall–Kier alpha value is -4.49. The molecule has 13 nitrogen and oxygen atoms in total. The number of aliphatic hydroxyl groups excluding tert-OH is 1. The first-order valence-corrected chi connectivity index (χ1v) is 11.0. The molecule has 3 aromatic heterocycles. The van der Waals surface area contributed by atoms with E-state index in [0.717, 1.165) is 0 Å².